The smallest absolute Gasteiger partial charge is 0.335 e. The van der Waals surface area contributed by atoms with Crippen LogP contribution in [0.1, 0.15) is 15.9 Å². The zero-order chi connectivity index (χ0) is 9.26. The van der Waals surface area contributed by atoms with Gasteiger partial charge in [-0.1, -0.05) is 0 Å². The molecule has 4 heteroatoms. The molecule has 1 N–H and O–H groups in total. The predicted molar refractivity (Wildman–Crippen MR) is 44.1 cm³/mol. The van der Waals surface area contributed by atoms with Gasteiger partial charge in [0.1, 0.15) is 6.26 Å². The van der Waals surface area contributed by atoms with E-state index in [9.17, 15) is 4.79 Å². The van der Waals surface area contributed by atoms with Gasteiger partial charge >= 0.3 is 5.97 Å². The van der Waals surface area contributed by atoms with Gasteiger partial charge in [-0.15, -0.1) is 0 Å². The maximum atomic E-state index is 10.6. The van der Waals surface area contributed by atoms with E-state index in [0.717, 1.165) is 0 Å². The third kappa shape index (κ3) is 1.33. The first-order valence-electron chi connectivity index (χ1n) is 3.64. The van der Waals surface area contributed by atoms with Crippen LogP contribution in [0.25, 0.3) is 6.08 Å². The minimum Gasteiger partial charge on any atom is -0.478 e. The summed E-state index contributed by atoms with van der Waals surface area (Å²) in [5.41, 5.74) is 0.931. The second-order valence-electron chi connectivity index (χ2n) is 2.54. The molecule has 1 aromatic carbocycles. The van der Waals surface area contributed by atoms with E-state index in [4.69, 9.17) is 9.99 Å². The number of benzene rings is 1. The van der Waals surface area contributed by atoms with Crippen LogP contribution in [0.3, 0.4) is 0 Å². The van der Waals surface area contributed by atoms with Crippen LogP contribution in [-0.2, 0) is 4.89 Å². The lowest BCUT2D eigenvalue weighted by Gasteiger charge is -2.10. The minimum absolute atomic E-state index is 0.230. The van der Waals surface area contributed by atoms with Gasteiger partial charge in [0.2, 0.25) is 0 Å². The summed E-state index contributed by atoms with van der Waals surface area (Å²) in [4.78, 5) is 19.9. The number of carbonyl (C=O) groups is 1. The molecular formula is C9H6O4. The monoisotopic (exact) mass is 178 g/mol. The van der Waals surface area contributed by atoms with E-state index >= 15 is 0 Å². The first-order chi connectivity index (χ1) is 6.27. The van der Waals surface area contributed by atoms with Crippen molar-refractivity contribution in [3.8, 4) is 5.75 Å². The first-order valence-corrected chi connectivity index (χ1v) is 3.64. The Kier molecular flexibility index (Phi) is 1.66. The van der Waals surface area contributed by atoms with Crippen molar-refractivity contribution in [2.45, 2.75) is 0 Å². The van der Waals surface area contributed by atoms with Crippen molar-refractivity contribution in [2.24, 2.45) is 0 Å². The van der Waals surface area contributed by atoms with Crippen molar-refractivity contribution >= 4 is 12.0 Å². The quantitative estimate of drug-likeness (QED) is 0.664. The summed E-state index contributed by atoms with van der Waals surface area (Å²) >= 11 is 0. The molecular weight excluding hydrogens is 172 g/mol. The first kappa shape index (κ1) is 7.67. The topological polar surface area (TPSA) is 55.8 Å². The Morgan fingerprint density at radius 2 is 2.23 bits per heavy atom. The summed E-state index contributed by atoms with van der Waals surface area (Å²) in [5.74, 6) is -0.435. The van der Waals surface area contributed by atoms with Crippen LogP contribution in [0.15, 0.2) is 24.5 Å². The molecule has 2 rings (SSSR count). The minimum atomic E-state index is -0.956. The van der Waals surface area contributed by atoms with E-state index < -0.39 is 5.97 Å². The molecule has 1 heterocycles. The van der Waals surface area contributed by atoms with Gasteiger partial charge < -0.3 is 5.11 Å². The van der Waals surface area contributed by atoms with E-state index in [1.807, 2.05) is 0 Å². The summed E-state index contributed by atoms with van der Waals surface area (Å²) in [6, 6.07) is 4.54. The third-order valence-electron chi connectivity index (χ3n) is 1.70. The molecule has 0 aromatic heterocycles. The second-order valence-corrected chi connectivity index (χ2v) is 2.54. The molecule has 0 spiro atoms. The Morgan fingerprint density at radius 1 is 1.38 bits per heavy atom. The number of hydrogen-bond donors (Lipinski definition) is 1. The Balaban J connectivity index is 2.48. The van der Waals surface area contributed by atoms with E-state index in [0.29, 0.717) is 11.3 Å². The highest BCUT2D eigenvalue weighted by Crippen LogP contribution is 2.24. The molecule has 13 heavy (non-hydrogen) atoms. The summed E-state index contributed by atoms with van der Waals surface area (Å²) in [7, 11) is 0. The van der Waals surface area contributed by atoms with Gasteiger partial charge in [0.05, 0.1) is 5.56 Å². The van der Waals surface area contributed by atoms with Gasteiger partial charge in [0, 0.05) is 5.56 Å². The lowest BCUT2D eigenvalue weighted by atomic mass is 10.1. The number of aromatic carboxylic acids is 1. The van der Waals surface area contributed by atoms with Crippen LogP contribution in [0.2, 0.25) is 0 Å². The van der Waals surface area contributed by atoms with Crippen molar-refractivity contribution in [3.05, 3.63) is 35.6 Å². The number of carboxylic acid groups (broad SMARTS) is 1. The molecule has 1 aliphatic heterocycles. The van der Waals surface area contributed by atoms with Crippen LogP contribution in [0, 0.1) is 0 Å². The largest absolute Gasteiger partial charge is 0.478 e. The zero-order valence-corrected chi connectivity index (χ0v) is 6.56. The fraction of sp³-hybridized carbons (Fsp3) is 0. The van der Waals surface area contributed by atoms with E-state index in [1.54, 1.807) is 12.1 Å². The summed E-state index contributed by atoms with van der Waals surface area (Å²) in [6.07, 6.45) is 3.00. The molecule has 0 radical (unpaired) electrons. The Labute approximate surface area is 73.9 Å². The van der Waals surface area contributed by atoms with Crippen LogP contribution >= 0.6 is 0 Å². The molecule has 0 aliphatic carbocycles. The fourth-order valence-electron chi connectivity index (χ4n) is 1.07. The predicted octanol–water partition coefficient (Wildman–Crippen LogP) is 1.68. The molecule has 0 unspecified atom stereocenters. The van der Waals surface area contributed by atoms with Gasteiger partial charge in [-0.25, -0.2) is 4.79 Å². The van der Waals surface area contributed by atoms with Crippen molar-refractivity contribution in [1.29, 1.82) is 0 Å². The number of rotatable bonds is 1. The highest BCUT2D eigenvalue weighted by Gasteiger charge is 2.10. The van der Waals surface area contributed by atoms with Crippen molar-refractivity contribution in [1.82, 2.24) is 0 Å². The van der Waals surface area contributed by atoms with Gasteiger partial charge in [-0.3, -0.25) is 9.78 Å². The lowest BCUT2D eigenvalue weighted by Crippen LogP contribution is -2.01. The van der Waals surface area contributed by atoms with Gasteiger partial charge in [0.15, 0.2) is 5.75 Å². The molecule has 0 amide bonds. The maximum Gasteiger partial charge on any atom is 0.335 e. The Morgan fingerprint density at radius 3 is 3.00 bits per heavy atom. The molecule has 0 saturated carbocycles. The molecule has 0 bridgehead atoms. The van der Waals surface area contributed by atoms with Crippen molar-refractivity contribution < 1.29 is 19.7 Å². The highest BCUT2D eigenvalue weighted by molar-refractivity contribution is 5.88. The lowest BCUT2D eigenvalue weighted by molar-refractivity contribution is -0.151. The van der Waals surface area contributed by atoms with E-state index in [-0.39, 0.29) is 5.56 Å². The molecule has 66 valence electrons. The average molecular weight is 178 g/mol. The van der Waals surface area contributed by atoms with Crippen LogP contribution in [0.4, 0.5) is 0 Å². The summed E-state index contributed by atoms with van der Waals surface area (Å²) < 4.78 is 0. The Bertz CT molecular complexity index is 381. The summed E-state index contributed by atoms with van der Waals surface area (Å²) in [5, 5.41) is 8.69. The standard InChI is InChI=1S/C9H6O4/c10-9(11)7-1-2-8-6(5-7)3-4-12-13-8/h1-5H,(H,10,11). The van der Waals surface area contributed by atoms with Crippen LogP contribution in [-0.4, -0.2) is 11.1 Å². The van der Waals surface area contributed by atoms with Gasteiger partial charge in [0.25, 0.3) is 0 Å². The van der Waals surface area contributed by atoms with Gasteiger partial charge in [-0.2, -0.15) is 0 Å². The molecule has 1 aromatic rings. The Hall–Kier alpha value is -1.97. The SMILES string of the molecule is O=C(O)c1ccc2c(c1)C=COO2. The molecule has 1 aliphatic rings. The van der Waals surface area contributed by atoms with Gasteiger partial charge in [-0.05, 0) is 24.3 Å². The maximum absolute atomic E-state index is 10.6. The normalized spacial score (nSPS) is 12.6. The summed E-state index contributed by atoms with van der Waals surface area (Å²) in [6.45, 7) is 0. The van der Waals surface area contributed by atoms with Crippen molar-refractivity contribution in [2.75, 3.05) is 0 Å². The van der Waals surface area contributed by atoms with Crippen LogP contribution < -0.4 is 4.89 Å². The molecule has 0 saturated heterocycles. The zero-order valence-electron chi connectivity index (χ0n) is 6.56. The number of carboxylic acids is 1. The fourth-order valence-corrected chi connectivity index (χ4v) is 1.07. The van der Waals surface area contributed by atoms with E-state index in [1.165, 1.54) is 18.4 Å². The number of hydrogen-bond acceptors (Lipinski definition) is 3. The average Bonchev–Trinajstić information content (AvgIpc) is 2.17. The van der Waals surface area contributed by atoms with Crippen LogP contribution in [0.5, 0.6) is 5.75 Å². The third-order valence-corrected chi connectivity index (χ3v) is 1.70. The number of fused-ring (bicyclic) bond motifs is 1. The van der Waals surface area contributed by atoms with Crippen molar-refractivity contribution in [3.63, 3.8) is 0 Å². The molecule has 4 nitrogen and oxygen atoms in total. The van der Waals surface area contributed by atoms with E-state index in [2.05, 4.69) is 4.89 Å². The molecule has 0 fully saturated rings. The second kappa shape index (κ2) is 2.82. The molecule has 0 atom stereocenters. The highest BCUT2D eigenvalue weighted by atomic mass is 17.2.